The van der Waals surface area contributed by atoms with Gasteiger partial charge < -0.3 is 4.57 Å². The van der Waals surface area contributed by atoms with Crippen LogP contribution in [0, 0.1) is 0 Å². The predicted molar refractivity (Wildman–Crippen MR) is 132 cm³/mol. The molecule has 0 bridgehead atoms. The summed E-state index contributed by atoms with van der Waals surface area (Å²) in [6, 6.07) is 15.3. The molecule has 1 amide bonds. The number of hydrogen-bond acceptors (Lipinski definition) is 4. The summed E-state index contributed by atoms with van der Waals surface area (Å²) in [5, 5.41) is 17.1. The van der Waals surface area contributed by atoms with Crippen LogP contribution in [-0.4, -0.2) is 37.3 Å². The van der Waals surface area contributed by atoms with Crippen molar-refractivity contribution in [2.24, 2.45) is 7.05 Å². The van der Waals surface area contributed by atoms with Crippen molar-refractivity contribution < 1.29 is 10.0 Å². The summed E-state index contributed by atoms with van der Waals surface area (Å²) in [5.41, 5.74) is 9.08. The molecule has 7 heteroatoms. The van der Waals surface area contributed by atoms with Gasteiger partial charge in [0.05, 0.1) is 6.20 Å². The third-order valence-corrected chi connectivity index (χ3v) is 6.78. The first-order valence-electron chi connectivity index (χ1n) is 11.6. The summed E-state index contributed by atoms with van der Waals surface area (Å²) in [5.74, 6) is -0.530. The predicted octanol–water partition coefficient (Wildman–Crippen LogP) is 4.15. The fourth-order valence-electron chi connectivity index (χ4n) is 5.14. The molecule has 4 aromatic rings. The van der Waals surface area contributed by atoms with E-state index in [2.05, 4.69) is 69.3 Å². The van der Waals surface area contributed by atoms with Gasteiger partial charge in [-0.15, -0.1) is 0 Å². The number of fused-ring (bicyclic) bond motifs is 2. The van der Waals surface area contributed by atoms with Gasteiger partial charge in [0.25, 0.3) is 5.91 Å². The van der Waals surface area contributed by atoms with Crippen molar-refractivity contribution in [1.29, 1.82) is 0 Å². The van der Waals surface area contributed by atoms with Gasteiger partial charge in [0.1, 0.15) is 0 Å². The number of amides is 1. The van der Waals surface area contributed by atoms with E-state index in [9.17, 15) is 4.79 Å². The molecular weight excluding hydrogens is 426 g/mol. The summed E-state index contributed by atoms with van der Waals surface area (Å²) < 4.78 is 2.21. The zero-order valence-electron chi connectivity index (χ0n) is 19.2. The number of rotatable bonds is 8. The lowest BCUT2D eigenvalue weighted by Crippen LogP contribution is -2.29. The second-order valence-corrected chi connectivity index (χ2v) is 8.93. The molecule has 1 unspecified atom stereocenters. The number of para-hydroxylation sites is 1. The first kappa shape index (κ1) is 22.1. The molecule has 174 valence electrons. The van der Waals surface area contributed by atoms with Crippen LogP contribution in [-0.2, 0) is 31.2 Å². The number of hydrogen-bond donors (Lipinski definition) is 3. The maximum atomic E-state index is 11.3. The van der Waals surface area contributed by atoms with E-state index in [4.69, 9.17) is 5.21 Å². The van der Waals surface area contributed by atoms with Crippen LogP contribution >= 0.6 is 0 Å². The average Bonchev–Trinajstić information content (AvgIpc) is 3.60. The first-order chi connectivity index (χ1) is 16.6. The number of nitrogens with one attached hydrogen (secondary N) is 2. The van der Waals surface area contributed by atoms with Crippen LogP contribution in [0.5, 0.6) is 0 Å². The van der Waals surface area contributed by atoms with E-state index < -0.39 is 5.91 Å². The van der Waals surface area contributed by atoms with Gasteiger partial charge in [-0.05, 0) is 53.7 Å². The van der Waals surface area contributed by atoms with Gasteiger partial charge >= 0.3 is 0 Å². The van der Waals surface area contributed by atoms with Crippen molar-refractivity contribution in [2.45, 2.75) is 31.8 Å². The monoisotopic (exact) mass is 455 g/mol. The Morgan fingerprint density at radius 3 is 3.03 bits per heavy atom. The number of benzene rings is 2. The maximum Gasteiger partial charge on any atom is 0.267 e. The third kappa shape index (κ3) is 4.53. The number of aromatic amines is 1. The van der Waals surface area contributed by atoms with Crippen molar-refractivity contribution in [2.75, 3.05) is 6.54 Å². The molecule has 34 heavy (non-hydrogen) atoms. The number of aryl methyl sites for hydroxylation is 2. The molecule has 0 radical (unpaired) electrons. The highest BCUT2D eigenvalue weighted by molar-refractivity contribution is 5.90. The van der Waals surface area contributed by atoms with Crippen LogP contribution in [0.2, 0.25) is 0 Å². The number of nitrogens with zero attached hydrogens (tertiary/aromatic N) is 3. The molecule has 3 N–H and O–H groups in total. The minimum Gasteiger partial charge on any atom is -0.350 e. The Labute approximate surface area is 198 Å². The molecule has 0 saturated heterocycles. The number of aromatic nitrogens is 3. The number of carbonyl (C=O) groups excluding carboxylic acids is 1. The number of hydroxylamine groups is 1. The summed E-state index contributed by atoms with van der Waals surface area (Å²) >= 11 is 0. The Morgan fingerprint density at radius 2 is 2.21 bits per heavy atom. The highest BCUT2D eigenvalue weighted by Gasteiger charge is 2.28. The maximum absolute atomic E-state index is 11.3. The van der Waals surface area contributed by atoms with Crippen molar-refractivity contribution in [3.63, 3.8) is 0 Å². The van der Waals surface area contributed by atoms with Gasteiger partial charge in [-0.2, -0.15) is 5.10 Å². The number of H-pyrrole nitrogens is 1. The second-order valence-electron chi connectivity index (χ2n) is 8.93. The topological polar surface area (TPSA) is 86.2 Å². The highest BCUT2D eigenvalue weighted by atomic mass is 16.5. The van der Waals surface area contributed by atoms with Crippen LogP contribution < -0.4 is 5.48 Å². The van der Waals surface area contributed by atoms with Gasteiger partial charge in [0.2, 0.25) is 0 Å². The fraction of sp³-hybridized carbons (Fsp3) is 0.259. The van der Waals surface area contributed by atoms with E-state index in [-0.39, 0.29) is 0 Å². The molecule has 7 nitrogen and oxygen atoms in total. The average molecular weight is 456 g/mol. The molecule has 2 aromatic heterocycles. The molecule has 1 aliphatic rings. The van der Waals surface area contributed by atoms with Crippen molar-refractivity contribution in [1.82, 2.24) is 25.1 Å². The Balaban J connectivity index is 1.39. The first-order valence-corrected chi connectivity index (χ1v) is 11.6. The summed E-state index contributed by atoms with van der Waals surface area (Å²) in [6.45, 7) is 1.78. The molecule has 0 saturated carbocycles. The Morgan fingerprint density at radius 1 is 1.32 bits per heavy atom. The van der Waals surface area contributed by atoms with E-state index in [0.29, 0.717) is 6.04 Å². The zero-order chi connectivity index (χ0) is 23.5. The normalized spacial score (nSPS) is 15.4. The van der Waals surface area contributed by atoms with Crippen molar-refractivity contribution >= 4 is 22.9 Å². The number of carbonyl (C=O) groups is 1. The summed E-state index contributed by atoms with van der Waals surface area (Å²) in [6.07, 6.45) is 12.2. The van der Waals surface area contributed by atoms with E-state index in [0.717, 1.165) is 37.9 Å². The highest BCUT2D eigenvalue weighted by Crippen LogP contribution is 2.37. The quantitative estimate of drug-likeness (QED) is 0.212. The molecule has 0 aliphatic heterocycles. The van der Waals surface area contributed by atoms with E-state index >= 15 is 0 Å². The zero-order valence-corrected chi connectivity index (χ0v) is 19.2. The summed E-state index contributed by atoms with van der Waals surface area (Å²) in [4.78, 5) is 13.9. The van der Waals surface area contributed by atoms with Crippen molar-refractivity contribution in [3.05, 3.63) is 94.9 Å². The van der Waals surface area contributed by atoms with Gasteiger partial charge in [-0.1, -0.05) is 36.4 Å². The van der Waals surface area contributed by atoms with E-state index in [1.165, 1.54) is 39.2 Å². The van der Waals surface area contributed by atoms with E-state index in [1.54, 1.807) is 11.6 Å². The van der Waals surface area contributed by atoms with Crippen LogP contribution in [0.3, 0.4) is 0 Å². The largest absolute Gasteiger partial charge is 0.350 e. The summed E-state index contributed by atoms with van der Waals surface area (Å²) in [7, 11) is 2.11. The lowest BCUT2D eigenvalue weighted by Gasteiger charge is -2.29. The Hall–Kier alpha value is -3.68. The molecule has 1 aliphatic carbocycles. The Bertz CT molecular complexity index is 1320. The smallest absolute Gasteiger partial charge is 0.267 e. The minimum absolute atomic E-state index is 0.332. The lowest BCUT2D eigenvalue weighted by atomic mass is 10.0. The Kier molecular flexibility index (Phi) is 6.29. The molecular formula is C27H29N5O2. The molecule has 0 fully saturated rings. The molecule has 0 spiro atoms. The van der Waals surface area contributed by atoms with Crippen LogP contribution in [0.15, 0.2) is 67.1 Å². The molecule has 5 rings (SSSR count). The van der Waals surface area contributed by atoms with E-state index in [1.807, 2.05) is 18.5 Å². The third-order valence-electron chi connectivity index (χ3n) is 6.78. The van der Waals surface area contributed by atoms with Crippen LogP contribution in [0.4, 0.5) is 0 Å². The van der Waals surface area contributed by atoms with Crippen molar-refractivity contribution in [3.8, 4) is 0 Å². The standard InChI is InChI=1S/C27H29N5O2/c1-31-18-22(23-4-2-3-5-25(23)31)12-13-32(17-20-15-28-29-16-20)26-10-8-21-14-19(6-9-24(21)26)7-11-27(33)30-34/h2-7,9,11,14-16,18,26,34H,8,10,12-13,17H2,1H3,(H,28,29)(H,30,33). The molecule has 2 heterocycles. The van der Waals surface area contributed by atoms with Crippen LogP contribution in [0.25, 0.3) is 17.0 Å². The fourth-order valence-corrected chi connectivity index (χ4v) is 5.14. The lowest BCUT2D eigenvalue weighted by molar-refractivity contribution is -0.124. The van der Waals surface area contributed by atoms with Gasteiger partial charge in [0, 0.05) is 61.1 Å². The second kappa shape index (κ2) is 9.67. The SMILES string of the molecule is Cn1cc(CCN(Cc2cn[nH]c2)C2CCc3cc(C=CC(=O)NO)ccc32)c2ccccc21. The molecule has 2 aromatic carbocycles. The van der Waals surface area contributed by atoms with Gasteiger partial charge in [-0.25, -0.2) is 5.48 Å². The minimum atomic E-state index is -0.530. The van der Waals surface area contributed by atoms with Gasteiger partial charge in [0.15, 0.2) is 0 Å². The van der Waals surface area contributed by atoms with Crippen LogP contribution in [0.1, 0.15) is 40.3 Å². The molecule has 1 atom stereocenters. The van der Waals surface area contributed by atoms with Gasteiger partial charge in [-0.3, -0.25) is 20.0 Å².